The molecule has 2 atom stereocenters. The van der Waals surface area contributed by atoms with Gasteiger partial charge >= 0.3 is 0 Å². The van der Waals surface area contributed by atoms with Crippen LogP contribution in [0.5, 0.6) is 0 Å². The molecule has 0 aromatic rings. The zero-order valence-electron chi connectivity index (χ0n) is 11.9. The Hall–Kier alpha value is -0.120. The average molecular weight is 254 g/mol. The van der Waals surface area contributed by atoms with Crippen molar-refractivity contribution in [1.82, 2.24) is 10.2 Å². The van der Waals surface area contributed by atoms with E-state index in [1.54, 1.807) is 0 Å². The van der Waals surface area contributed by atoms with Gasteiger partial charge in [0.2, 0.25) is 0 Å². The van der Waals surface area contributed by atoms with Gasteiger partial charge in [0.25, 0.3) is 0 Å². The zero-order valence-corrected chi connectivity index (χ0v) is 11.9. The molecule has 2 fully saturated rings. The molecule has 2 saturated carbocycles. The first-order valence-corrected chi connectivity index (χ1v) is 7.87. The van der Waals surface area contributed by atoms with E-state index >= 15 is 0 Å². The first-order valence-electron chi connectivity index (χ1n) is 7.87. The summed E-state index contributed by atoms with van der Waals surface area (Å²) in [7, 11) is 2.10. The van der Waals surface area contributed by atoms with Gasteiger partial charge in [-0.25, -0.2) is 0 Å². The van der Waals surface area contributed by atoms with Crippen molar-refractivity contribution >= 4 is 0 Å². The number of aliphatic hydroxyl groups excluding tert-OH is 1. The highest BCUT2D eigenvalue weighted by Crippen LogP contribution is 2.29. The van der Waals surface area contributed by atoms with Crippen LogP contribution < -0.4 is 5.32 Å². The number of nitrogens with zero attached hydrogens (tertiary/aromatic N) is 1. The highest BCUT2D eigenvalue weighted by molar-refractivity contribution is 4.86. The van der Waals surface area contributed by atoms with Gasteiger partial charge in [-0.2, -0.15) is 0 Å². The molecule has 2 aliphatic carbocycles. The second-order valence-corrected chi connectivity index (χ2v) is 6.10. The quantitative estimate of drug-likeness (QED) is 0.761. The van der Waals surface area contributed by atoms with E-state index in [-0.39, 0.29) is 0 Å². The third-order valence-electron chi connectivity index (χ3n) is 4.98. The normalized spacial score (nSPS) is 30.2. The van der Waals surface area contributed by atoms with Crippen molar-refractivity contribution in [2.45, 2.75) is 63.5 Å². The highest BCUT2D eigenvalue weighted by Gasteiger charge is 2.30. The minimum atomic E-state index is 0.313. The molecule has 0 saturated heterocycles. The van der Waals surface area contributed by atoms with Crippen LogP contribution >= 0.6 is 0 Å². The summed E-state index contributed by atoms with van der Waals surface area (Å²) in [5.41, 5.74) is 0. The Morgan fingerprint density at radius 3 is 2.50 bits per heavy atom. The SMILES string of the molecule is CNC1CCCC1CN(CCO)C1CCCCC1. The van der Waals surface area contributed by atoms with Gasteiger partial charge in [0.05, 0.1) is 6.61 Å². The molecule has 0 aliphatic heterocycles. The fraction of sp³-hybridized carbons (Fsp3) is 1.00. The molecular weight excluding hydrogens is 224 g/mol. The maximum Gasteiger partial charge on any atom is 0.0558 e. The molecule has 2 rings (SSSR count). The van der Waals surface area contributed by atoms with Crippen LogP contribution in [0.15, 0.2) is 0 Å². The molecule has 3 heteroatoms. The molecule has 0 bridgehead atoms. The van der Waals surface area contributed by atoms with E-state index in [1.165, 1.54) is 57.9 Å². The van der Waals surface area contributed by atoms with Crippen LogP contribution in [0.25, 0.3) is 0 Å². The van der Waals surface area contributed by atoms with Crippen molar-refractivity contribution in [2.24, 2.45) is 5.92 Å². The summed E-state index contributed by atoms with van der Waals surface area (Å²) < 4.78 is 0. The van der Waals surface area contributed by atoms with Crippen molar-refractivity contribution in [2.75, 3.05) is 26.7 Å². The minimum absolute atomic E-state index is 0.313. The zero-order chi connectivity index (χ0) is 12.8. The summed E-state index contributed by atoms with van der Waals surface area (Å²) in [5, 5.41) is 12.8. The van der Waals surface area contributed by atoms with Crippen LogP contribution in [0, 0.1) is 5.92 Å². The van der Waals surface area contributed by atoms with E-state index in [9.17, 15) is 5.11 Å². The third-order valence-corrected chi connectivity index (χ3v) is 4.98. The molecule has 0 heterocycles. The largest absolute Gasteiger partial charge is 0.395 e. The summed E-state index contributed by atoms with van der Waals surface area (Å²) in [4.78, 5) is 2.58. The topological polar surface area (TPSA) is 35.5 Å². The number of aliphatic hydroxyl groups is 1. The summed E-state index contributed by atoms with van der Waals surface area (Å²) in [6.07, 6.45) is 10.9. The molecule has 106 valence electrons. The Morgan fingerprint density at radius 2 is 1.83 bits per heavy atom. The Labute approximate surface area is 112 Å². The fourth-order valence-corrected chi connectivity index (χ4v) is 3.93. The van der Waals surface area contributed by atoms with Crippen LogP contribution in [0.4, 0.5) is 0 Å². The summed E-state index contributed by atoms with van der Waals surface area (Å²) >= 11 is 0. The maximum atomic E-state index is 9.31. The highest BCUT2D eigenvalue weighted by atomic mass is 16.3. The van der Waals surface area contributed by atoms with Gasteiger partial charge in [0.15, 0.2) is 0 Å². The smallest absolute Gasteiger partial charge is 0.0558 e. The lowest BCUT2D eigenvalue weighted by Crippen LogP contribution is -2.44. The van der Waals surface area contributed by atoms with E-state index in [2.05, 4.69) is 17.3 Å². The van der Waals surface area contributed by atoms with Crippen molar-refractivity contribution in [3.05, 3.63) is 0 Å². The number of rotatable bonds is 6. The maximum absolute atomic E-state index is 9.31. The molecule has 18 heavy (non-hydrogen) atoms. The molecule has 3 nitrogen and oxygen atoms in total. The van der Waals surface area contributed by atoms with E-state index in [0.717, 1.165) is 18.5 Å². The monoisotopic (exact) mass is 254 g/mol. The van der Waals surface area contributed by atoms with E-state index in [0.29, 0.717) is 12.6 Å². The number of hydrogen-bond acceptors (Lipinski definition) is 3. The van der Waals surface area contributed by atoms with Gasteiger partial charge in [-0.3, -0.25) is 4.90 Å². The Kier molecular flexibility index (Phi) is 5.93. The minimum Gasteiger partial charge on any atom is -0.395 e. The first-order chi connectivity index (χ1) is 8.85. The number of hydrogen-bond donors (Lipinski definition) is 2. The van der Waals surface area contributed by atoms with Gasteiger partial charge < -0.3 is 10.4 Å². The van der Waals surface area contributed by atoms with Crippen LogP contribution in [-0.2, 0) is 0 Å². The molecule has 0 spiro atoms. The standard InChI is InChI=1S/C15H30N2O/c1-16-15-9-5-6-13(15)12-17(10-11-18)14-7-3-2-4-8-14/h13-16,18H,2-12H2,1H3. The lowest BCUT2D eigenvalue weighted by atomic mass is 9.92. The number of nitrogens with one attached hydrogen (secondary N) is 1. The summed E-state index contributed by atoms with van der Waals surface area (Å²) in [6.45, 7) is 2.38. The van der Waals surface area contributed by atoms with Gasteiger partial charge in [-0.15, -0.1) is 0 Å². The molecule has 0 aromatic carbocycles. The van der Waals surface area contributed by atoms with E-state index < -0.39 is 0 Å². The molecule has 0 aromatic heterocycles. The van der Waals surface area contributed by atoms with Crippen LogP contribution in [-0.4, -0.2) is 48.8 Å². The fourth-order valence-electron chi connectivity index (χ4n) is 3.93. The molecule has 2 aliphatic rings. The van der Waals surface area contributed by atoms with Gasteiger partial charge in [-0.1, -0.05) is 25.7 Å². The van der Waals surface area contributed by atoms with Gasteiger partial charge in [0, 0.05) is 25.2 Å². The summed E-state index contributed by atoms with van der Waals surface area (Å²) in [5.74, 6) is 0.795. The lowest BCUT2D eigenvalue weighted by Gasteiger charge is -2.36. The van der Waals surface area contributed by atoms with Gasteiger partial charge in [0.1, 0.15) is 0 Å². The Morgan fingerprint density at radius 1 is 1.06 bits per heavy atom. The summed E-state index contributed by atoms with van der Waals surface area (Å²) in [6, 6.07) is 1.44. The second kappa shape index (κ2) is 7.46. The van der Waals surface area contributed by atoms with Crippen LogP contribution in [0.1, 0.15) is 51.4 Å². The van der Waals surface area contributed by atoms with Gasteiger partial charge in [-0.05, 0) is 38.6 Å². The first kappa shape index (κ1) is 14.3. The van der Waals surface area contributed by atoms with Crippen LogP contribution in [0.2, 0.25) is 0 Å². The van der Waals surface area contributed by atoms with E-state index in [4.69, 9.17) is 0 Å². The molecule has 2 N–H and O–H groups in total. The Bertz CT molecular complexity index is 229. The van der Waals surface area contributed by atoms with E-state index in [1.807, 2.05) is 0 Å². The average Bonchev–Trinajstić information content (AvgIpc) is 2.86. The van der Waals surface area contributed by atoms with Crippen molar-refractivity contribution in [1.29, 1.82) is 0 Å². The van der Waals surface area contributed by atoms with Crippen LogP contribution in [0.3, 0.4) is 0 Å². The van der Waals surface area contributed by atoms with Crippen molar-refractivity contribution in [3.8, 4) is 0 Å². The molecule has 2 unspecified atom stereocenters. The third kappa shape index (κ3) is 3.69. The van der Waals surface area contributed by atoms with Crippen molar-refractivity contribution < 1.29 is 5.11 Å². The molecule has 0 radical (unpaired) electrons. The molecule has 0 amide bonds. The predicted molar refractivity (Wildman–Crippen MR) is 75.7 cm³/mol. The second-order valence-electron chi connectivity index (χ2n) is 6.10. The Balaban J connectivity index is 1.88. The predicted octanol–water partition coefficient (Wildman–Crippen LogP) is 2.00. The van der Waals surface area contributed by atoms with Crippen molar-refractivity contribution in [3.63, 3.8) is 0 Å². The molecular formula is C15H30N2O. The lowest BCUT2D eigenvalue weighted by molar-refractivity contribution is 0.102.